The van der Waals surface area contributed by atoms with Gasteiger partial charge in [-0.25, -0.2) is 4.79 Å². The number of nitro groups is 1. The molecule has 124 valence electrons. The van der Waals surface area contributed by atoms with Crippen molar-refractivity contribution in [3.63, 3.8) is 0 Å². The molecule has 0 radical (unpaired) electrons. The number of non-ortho nitro benzene ring substituents is 1. The molecular formula is C18H11NO6. The van der Waals surface area contributed by atoms with Crippen LogP contribution in [0.4, 0.5) is 5.69 Å². The van der Waals surface area contributed by atoms with Gasteiger partial charge >= 0.3 is 5.97 Å². The maximum Gasteiger partial charge on any atom is 0.328 e. The Balaban J connectivity index is 1.96. The third kappa shape index (κ3) is 3.45. The van der Waals surface area contributed by atoms with Crippen molar-refractivity contribution in [2.45, 2.75) is 0 Å². The van der Waals surface area contributed by atoms with Gasteiger partial charge in [-0.05, 0) is 29.8 Å². The molecule has 0 spiro atoms. The van der Waals surface area contributed by atoms with Gasteiger partial charge in [-0.2, -0.15) is 0 Å². The first kappa shape index (κ1) is 16.1. The van der Waals surface area contributed by atoms with Crippen molar-refractivity contribution < 1.29 is 24.0 Å². The van der Waals surface area contributed by atoms with Crippen LogP contribution in [-0.4, -0.2) is 21.8 Å². The van der Waals surface area contributed by atoms with E-state index in [0.717, 1.165) is 6.08 Å². The number of furan rings is 1. The largest absolute Gasteiger partial charge is 0.478 e. The van der Waals surface area contributed by atoms with Crippen molar-refractivity contribution in [1.82, 2.24) is 0 Å². The molecule has 1 N–H and O–H groups in total. The maximum atomic E-state index is 12.5. The Bertz CT molecular complexity index is 1030. The maximum absolute atomic E-state index is 12.5. The number of rotatable bonds is 5. The highest BCUT2D eigenvalue weighted by Crippen LogP contribution is 2.24. The first-order valence-electron chi connectivity index (χ1n) is 7.18. The second kappa shape index (κ2) is 6.40. The van der Waals surface area contributed by atoms with Gasteiger partial charge in [-0.15, -0.1) is 0 Å². The van der Waals surface area contributed by atoms with Crippen molar-refractivity contribution in [3.05, 3.63) is 81.6 Å². The van der Waals surface area contributed by atoms with E-state index in [2.05, 4.69) is 0 Å². The first-order valence-corrected chi connectivity index (χ1v) is 7.18. The van der Waals surface area contributed by atoms with Crippen LogP contribution in [0.3, 0.4) is 0 Å². The van der Waals surface area contributed by atoms with E-state index in [0.29, 0.717) is 16.5 Å². The Hall–Kier alpha value is -3.74. The van der Waals surface area contributed by atoms with E-state index in [1.54, 1.807) is 18.2 Å². The molecule has 0 aliphatic carbocycles. The van der Waals surface area contributed by atoms with Crippen LogP contribution in [0.1, 0.15) is 21.7 Å². The number of nitro benzene ring substituents is 1. The van der Waals surface area contributed by atoms with E-state index in [1.165, 1.54) is 36.4 Å². The van der Waals surface area contributed by atoms with Crippen molar-refractivity contribution in [2.75, 3.05) is 0 Å². The predicted octanol–water partition coefficient (Wildman–Crippen LogP) is 3.67. The SMILES string of the molecule is O=C(O)/C=C/c1ccc2oc(C(=O)c3cccc([N+](=O)[O-])c3)cc2c1. The van der Waals surface area contributed by atoms with E-state index in [4.69, 9.17) is 9.52 Å². The van der Waals surface area contributed by atoms with Crippen molar-refractivity contribution in [2.24, 2.45) is 0 Å². The fourth-order valence-electron chi connectivity index (χ4n) is 2.35. The minimum absolute atomic E-state index is 0.0508. The number of aliphatic carboxylic acids is 1. The second-order valence-corrected chi connectivity index (χ2v) is 5.22. The van der Waals surface area contributed by atoms with Gasteiger partial charge in [0, 0.05) is 29.2 Å². The third-order valence-electron chi connectivity index (χ3n) is 3.50. The monoisotopic (exact) mass is 337 g/mol. The molecule has 0 atom stereocenters. The summed E-state index contributed by atoms with van der Waals surface area (Å²) in [5.74, 6) is -1.48. The van der Waals surface area contributed by atoms with Gasteiger partial charge in [0.25, 0.3) is 5.69 Å². The highest BCUT2D eigenvalue weighted by atomic mass is 16.6. The Labute approximate surface area is 141 Å². The number of benzene rings is 2. The van der Waals surface area contributed by atoms with Crippen LogP contribution < -0.4 is 0 Å². The lowest BCUT2D eigenvalue weighted by Gasteiger charge is -1.97. The first-order chi connectivity index (χ1) is 11.9. The quantitative estimate of drug-likeness (QED) is 0.329. The number of ketones is 1. The number of fused-ring (bicyclic) bond motifs is 1. The van der Waals surface area contributed by atoms with Gasteiger partial charge in [-0.1, -0.05) is 18.2 Å². The summed E-state index contributed by atoms with van der Waals surface area (Å²) in [6, 6.07) is 11.9. The number of carbonyl (C=O) groups excluding carboxylic acids is 1. The van der Waals surface area contributed by atoms with Crippen LogP contribution >= 0.6 is 0 Å². The molecule has 2 aromatic carbocycles. The third-order valence-corrected chi connectivity index (χ3v) is 3.50. The zero-order chi connectivity index (χ0) is 18.0. The van der Waals surface area contributed by atoms with E-state index in [1.807, 2.05) is 0 Å². The summed E-state index contributed by atoms with van der Waals surface area (Å²) >= 11 is 0. The van der Waals surface area contributed by atoms with Gasteiger partial charge < -0.3 is 9.52 Å². The van der Waals surface area contributed by atoms with E-state index >= 15 is 0 Å². The summed E-state index contributed by atoms with van der Waals surface area (Å²) in [5, 5.41) is 20.1. The molecular weight excluding hydrogens is 326 g/mol. The summed E-state index contributed by atoms with van der Waals surface area (Å²) in [7, 11) is 0. The van der Waals surface area contributed by atoms with E-state index in [-0.39, 0.29) is 17.0 Å². The van der Waals surface area contributed by atoms with Crippen LogP contribution in [0.25, 0.3) is 17.0 Å². The lowest BCUT2D eigenvalue weighted by atomic mass is 10.1. The summed E-state index contributed by atoms with van der Waals surface area (Å²) in [6.07, 6.45) is 2.44. The molecule has 1 aromatic heterocycles. The molecule has 3 rings (SSSR count). The number of hydrogen-bond acceptors (Lipinski definition) is 5. The summed E-state index contributed by atoms with van der Waals surface area (Å²) in [6.45, 7) is 0. The van der Waals surface area contributed by atoms with Crippen molar-refractivity contribution in [3.8, 4) is 0 Å². The zero-order valence-electron chi connectivity index (χ0n) is 12.7. The molecule has 0 saturated heterocycles. The minimum atomic E-state index is -1.06. The van der Waals surface area contributed by atoms with Crippen LogP contribution in [-0.2, 0) is 4.79 Å². The van der Waals surface area contributed by atoms with Gasteiger partial charge in [0.1, 0.15) is 5.58 Å². The molecule has 0 fully saturated rings. The average Bonchev–Trinajstić information content (AvgIpc) is 3.02. The van der Waals surface area contributed by atoms with Crippen LogP contribution in [0.15, 0.2) is 59.0 Å². The predicted molar refractivity (Wildman–Crippen MR) is 89.4 cm³/mol. The summed E-state index contributed by atoms with van der Waals surface area (Å²) in [5.41, 5.74) is 1.08. The zero-order valence-corrected chi connectivity index (χ0v) is 12.7. The van der Waals surface area contributed by atoms with Crippen LogP contribution in [0.2, 0.25) is 0 Å². The van der Waals surface area contributed by atoms with Crippen molar-refractivity contribution in [1.29, 1.82) is 0 Å². The molecule has 25 heavy (non-hydrogen) atoms. The topological polar surface area (TPSA) is 111 Å². The molecule has 7 nitrogen and oxygen atoms in total. The van der Waals surface area contributed by atoms with Crippen LogP contribution in [0, 0.1) is 10.1 Å². The fourth-order valence-corrected chi connectivity index (χ4v) is 2.35. The number of carbonyl (C=O) groups is 2. The van der Waals surface area contributed by atoms with Gasteiger partial charge in [0.05, 0.1) is 4.92 Å². The van der Waals surface area contributed by atoms with Gasteiger partial charge in [0.2, 0.25) is 5.78 Å². The van der Waals surface area contributed by atoms with Gasteiger partial charge in [-0.3, -0.25) is 14.9 Å². The number of hydrogen-bond donors (Lipinski definition) is 1. The summed E-state index contributed by atoms with van der Waals surface area (Å²) < 4.78 is 5.51. The Morgan fingerprint density at radius 1 is 1.12 bits per heavy atom. The molecule has 0 aliphatic rings. The van der Waals surface area contributed by atoms with E-state index < -0.39 is 16.7 Å². The average molecular weight is 337 g/mol. The smallest absolute Gasteiger partial charge is 0.328 e. The van der Waals surface area contributed by atoms with Crippen molar-refractivity contribution >= 4 is 34.5 Å². The minimum Gasteiger partial charge on any atom is -0.478 e. The highest BCUT2D eigenvalue weighted by molar-refractivity contribution is 6.09. The Morgan fingerprint density at radius 2 is 1.92 bits per heavy atom. The lowest BCUT2D eigenvalue weighted by molar-refractivity contribution is -0.384. The normalized spacial score (nSPS) is 11.0. The number of carboxylic acid groups (broad SMARTS) is 1. The van der Waals surface area contributed by atoms with Crippen LogP contribution in [0.5, 0.6) is 0 Å². The molecule has 1 heterocycles. The molecule has 0 amide bonds. The standard InChI is InChI=1S/C18H11NO6/c20-17(21)7-5-11-4-6-15-13(8-11)10-16(25-15)18(22)12-2-1-3-14(9-12)19(23)24/h1-10H,(H,20,21)/b7-5+. The molecule has 7 heteroatoms. The lowest BCUT2D eigenvalue weighted by Crippen LogP contribution is -2.00. The molecule has 0 aliphatic heterocycles. The molecule has 0 bridgehead atoms. The number of carboxylic acids is 1. The molecule has 0 unspecified atom stereocenters. The molecule has 3 aromatic rings. The van der Waals surface area contributed by atoms with E-state index in [9.17, 15) is 19.7 Å². The highest BCUT2D eigenvalue weighted by Gasteiger charge is 2.17. The summed E-state index contributed by atoms with van der Waals surface area (Å²) in [4.78, 5) is 33.3. The Kier molecular flexibility index (Phi) is 4.13. The van der Waals surface area contributed by atoms with Gasteiger partial charge in [0.15, 0.2) is 5.76 Å². The molecule has 0 saturated carbocycles. The fraction of sp³-hybridized carbons (Fsp3) is 0. The number of nitrogens with zero attached hydrogens (tertiary/aromatic N) is 1. The second-order valence-electron chi connectivity index (χ2n) is 5.22. The Morgan fingerprint density at radius 3 is 2.64 bits per heavy atom.